The smallest absolute Gasteiger partial charge is 0.413 e. The molecule has 0 aromatic rings. The fraction of sp³-hybridized carbons (Fsp3) is 0.810. The van der Waals surface area contributed by atoms with E-state index in [9.17, 15) is 14.3 Å². The maximum absolute atomic E-state index is 14.9. The van der Waals surface area contributed by atoms with Crippen molar-refractivity contribution in [3.63, 3.8) is 0 Å². The van der Waals surface area contributed by atoms with Gasteiger partial charge in [0.05, 0.1) is 6.61 Å². The van der Waals surface area contributed by atoms with Gasteiger partial charge in [0.1, 0.15) is 30.3 Å². The molecule has 10 heteroatoms. The van der Waals surface area contributed by atoms with Crippen LogP contribution in [0.3, 0.4) is 0 Å². The van der Waals surface area contributed by atoms with E-state index in [1.54, 1.807) is 6.08 Å². The Hall–Kier alpha value is -0.943. The zero-order chi connectivity index (χ0) is 23.6. The van der Waals surface area contributed by atoms with Gasteiger partial charge in [0.15, 0.2) is 19.7 Å². The van der Waals surface area contributed by atoms with E-state index in [-0.39, 0.29) is 28.8 Å². The first-order chi connectivity index (χ1) is 14.1. The fourth-order valence-electron chi connectivity index (χ4n) is 2.75. The summed E-state index contributed by atoms with van der Waals surface area (Å²) in [5.41, 5.74) is -0.637. The summed E-state index contributed by atoms with van der Waals surface area (Å²) < 4.78 is 32.0. The highest BCUT2D eigenvalue weighted by Crippen LogP contribution is 2.39. The first-order valence-corrected chi connectivity index (χ1v) is 14.4. The molecule has 2 aliphatic heterocycles. The molecular formula is C21H37FN2O5SSi. The van der Waals surface area contributed by atoms with Crippen LogP contribution in [0.15, 0.2) is 17.1 Å². The van der Waals surface area contributed by atoms with Crippen molar-refractivity contribution in [2.75, 3.05) is 13.2 Å². The average Bonchev–Trinajstić information content (AvgIpc) is 3.01. The van der Waals surface area contributed by atoms with E-state index in [4.69, 9.17) is 13.9 Å². The number of carbonyl (C=O) groups is 1. The highest BCUT2D eigenvalue weighted by atomic mass is 32.2. The Kier molecular flexibility index (Phi) is 8.41. The van der Waals surface area contributed by atoms with Gasteiger partial charge in [-0.15, -0.1) is 0 Å². The number of amides is 1. The fourth-order valence-corrected chi connectivity index (χ4v) is 4.86. The van der Waals surface area contributed by atoms with Crippen LogP contribution in [0.4, 0.5) is 9.18 Å². The molecule has 2 N–H and O–H groups in total. The number of hydrogen-bond acceptors (Lipinski definition) is 7. The van der Waals surface area contributed by atoms with Gasteiger partial charge >= 0.3 is 6.09 Å². The van der Waals surface area contributed by atoms with Crippen molar-refractivity contribution in [3.05, 3.63) is 12.2 Å². The molecule has 0 aromatic carbocycles. The Morgan fingerprint density at radius 2 is 1.97 bits per heavy atom. The minimum atomic E-state index is -2.07. The van der Waals surface area contributed by atoms with Crippen LogP contribution in [0.25, 0.3) is 0 Å². The molecule has 2 rings (SSSR count). The Balaban J connectivity index is 1.89. The summed E-state index contributed by atoms with van der Waals surface area (Å²) in [7, 11) is -2.07. The van der Waals surface area contributed by atoms with Crippen LogP contribution in [-0.2, 0) is 13.9 Å². The van der Waals surface area contributed by atoms with Crippen molar-refractivity contribution in [1.82, 2.24) is 5.32 Å². The molecule has 5 atom stereocenters. The molecule has 0 bridgehead atoms. The summed E-state index contributed by atoms with van der Waals surface area (Å²) in [4.78, 5) is 16.2. The number of halogens is 1. The quantitative estimate of drug-likeness (QED) is 0.456. The number of hydrogen-bond donors (Lipinski definition) is 2. The van der Waals surface area contributed by atoms with Gasteiger partial charge in [-0.2, -0.15) is 0 Å². The van der Waals surface area contributed by atoms with Gasteiger partial charge in [0, 0.05) is 0 Å². The average molecular weight is 477 g/mol. The number of aliphatic hydroxyl groups excluding tert-OH is 1. The first kappa shape index (κ1) is 26.3. The predicted octanol–water partition coefficient (Wildman–Crippen LogP) is 4.23. The maximum Gasteiger partial charge on any atom is 0.413 e. The topological polar surface area (TPSA) is 89.4 Å². The number of aliphatic imine (C=N–C) groups is 1. The van der Waals surface area contributed by atoms with E-state index in [0.717, 1.165) is 11.8 Å². The van der Waals surface area contributed by atoms with Crippen LogP contribution in [0, 0.1) is 5.41 Å². The lowest BCUT2D eigenvalue weighted by Gasteiger charge is -2.41. The number of amidine groups is 1. The van der Waals surface area contributed by atoms with E-state index in [1.807, 2.05) is 26.8 Å². The van der Waals surface area contributed by atoms with Crippen LogP contribution in [0.5, 0.6) is 0 Å². The number of nitrogens with one attached hydrogen (secondary N) is 1. The van der Waals surface area contributed by atoms with Gasteiger partial charge in [-0.05, 0) is 23.5 Å². The van der Waals surface area contributed by atoms with Crippen molar-refractivity contribution >= 4 is 31.3 Å². The number of rotatable bonds is 5. The number of aliphatic hydroxyl groups is 1. The zero-order valence-corrected chi connectivity index (χ0v) is 21.6. The number of thioether (sulfide) groups is 1. The monoisotopic (exact) mass is 476 g/mol. The second kappa shape index (κ2) is 9.90. The van der Waals surface area contributed by atoms with Crippen molar-refractivity contribution in [3.8, 4) is 0 Å². The highest BCUT2D eigenvalue weighted by molar-refractivity contribution is 8.14. The van der Waals surface area contributed by atoms with Gasteiger partial charge in [-0.1, -0.05) is 65.5 Å². The molecule has 2 heterocycles. The van der Waals surface area contributed by atoms with Crippen molar-refractivity contribution < 1.29 is 28.2 Å². The Labute approximate surface area is 190 Å². The van der Waals surface area contributed by atoms with Crippen LogP contribution < -0.4 is 5.32 Å². The first-order valence-electron chi connectivity index (χ1n) is 10.6. The largest absolute Gasteiger partial charge is 0.445 e. The van der Waals surface area contributed by atoms with E-state index < -0.39 is 44.3 Å². The van der Waals surface area contributed by atoms with Crippen LogP contribution in [0.2, 0.25) is 18.1 Å². The molecule has 0 aliphatic carbocycles. The molecule has 7 nitrogen and oxygen atoms in total. The minimum absolute atomic E-state index is 0.0000695. The van der Waals surface area contributed by atoms with Crippen LogP contribution >= 0.6 is 11.8 Å². The van der Waals surface area contributed by atoms with Crippen LogP contribution in [0.1, 0.15) is 41.5 Å². The Morgan fingerprint density at radius 1 is 1.32 bits per heavy atom. The number of nitrogens with zero attached hydrogens (tertiary/aromatic N) is 1. The molecule has 31 heavy (non-hydrogen) atoms. The second-order valence-electron chi connectivity index (χ2n) is 10.6. The molecule has 178 valence electrons. The van der Waals surface area contributed by atoms with Crippen molar-refractivity contribution in [1.29, 1.82) is 0 Å². The molecule has 0 unspecified atom stereocenters. The predicted molar refractivity (Wildman–Crippen MR) is 125 cm³/mol. The van der Waals surface area contributed by atoms with Gasteiger partial charge in [0.2, 0.25) is 0 Å². The van der Waals surface area contributed by atoms with Crippen molar-refractivity contribution in [2.24, 2.45) is 10.4 Å². The summed E-state index contributed by atoms with van der Waals surface area (Å²) in [5, 5.41) is 13.1. The zero-order valence-electron chi connectivity index (χ0n) is 19.8. The van der Waals surface area contributed by atoms with Gasteiger partial charge in [-0.25, -0.2) is 9.18 Å². The Bertz CT molecular complexity index is 705. The Morgan fingerprint density at radius 3 is 2.55 bits per heavy atom. The standard InChI is InChI=1S/C21H37FN2O5SSi/c1-20(2,3)10-9-11-27-19(26)24-18-23-15-14(22)16(25)13(29-17(15)30-18)12-28-31(7,8)21(4,5)6/h9-10,13-17,25H,11-12H2,1-8H3,(H,23,24,26)/t13-,14-,15-,16-,17-/m1/s1. The molecule has 1 saturated heterocycles. The molecule has 1 amide bonds. The molecular weight excluding hydrogens is 439 g/mol. The molecule has 1 fully saturated rings. The molecule has 2 aliphatic rings. The van der Waals surface area contributed by atoms with Gasteiger partial charge < -0.3 is 19.0 Å². The van der Waals surface area contributed by atoms with E-state index >= 15 is 0 Å². The van der Waals surface area contributed by atoms with Gasteiger partial charge in [-0.3, -0.25) is 10.3 Å². The third-order valence-electron chi connectivity index (χ3n) is 5.67. The lowest BCUT2D eigenvalue weighted by molar-refractivity contribution is -0.143. The number of alkyl carbamates (subject to hydrolysis) is 1. The molecule has 0 radical (unpaired) electrons. The number of carbonyl (C=O) groups excluding carboxylic acids is 1. The third-order valence-corrected chi connectivity index (χ3v) is 11.2. The summed E-state index contributed by atoms with van der Waals surface area (Å²) >= 11 is 1.12. The maximum atomic E-state index is 14.9. The molecule has 0 aromatic heterocycles. The molecule has 0 saturated carbocycles. The van der Waals surface area contributed by atoms with Crippen molar-refractivity contribution in [2.45, 2.75) is 89.5 Å². The summed E-state index contributed by atoms with van der Waals surface area (Å²) in [6, 6.07) is -0.889. The van der Waals surface area contributed by atoms with E-state index in [2.05, 4.69) is 44.2 Å². The number of ether oxygens (including phenoxy) is 2. The van der Waals surface area contributed by atoms with Gasteiger partial charge in [0.25, 0.3) is 0 Å². The van der Waals surface area contributed by atoms with E-state index in [1.165, 1.54) is 0 Å². The summed E-state index contributed by atoms with van der Waals surface area (Å²) in [6.45, 7) is 16.9. The number of allylic oxidation sites excluding steroid dienone is 1. The van der Waals surface area contributed by atoms with Crippen LogP contribution in [-0.4, -0.2) is 67.8 Å². The third kappa shape index (κ3) is 7.28. The highest BCUT2D eigenvalue weighted by Gasteiger charge is 2.50. The van der Waals surface area contributed by atoms with E-state index in [0.29, 0.717) is 0 Å². The summed E-state index contributed by atoms with van der Waals surface area (Å²) in [5.74, 6) is 0. The minimum Gasteiger partial charge on any atom is -0.445 e. The lowest BCUT2D eigenvalue weighted by atomic mass is 9.96. The normalized spacial score (nSPS) is 29.6. The SMILES string of the molecule is CC(C)(C)C=CCOC(=O)NC1=N[C@@H]2[C@@H](F)[C@H](O)[C@@H](CO[Si](C)(C)C(C)(C)C)O[C@@H]2S1. The molecule has 0 spiro atoms. The number of fused-ring (bicyclic) bond motifs is 1. The second-order valence-corrected chi connectivity index (χ2v) is 16.5. The number of alkyl halides is 1. The lowest BCUT2D eigenvalue weighted by Crippen LogP contribution is -2.55. The summed E-state index contributed by atoms with van der Waals surface area (Å²) in [6.07, 6.45) is -0.689.